The topological polar surface area (TPSA) is 72.2 Å². The molecule has 0 aliphatic heterocycles. The molecule has 0 aliphatic carbocycles. The van der Waals surface area contributed by atoms with Gasteiger partial charge >= 0.3 is 0 Å². The maximum atomic E-state index is 12.3. The van der Waals surface area contributed by atoms with E-state index < -0.39 is 16.0 Å². The largest absolute Gasteiger partial charge is 0.399 e. The van der Waals surface area contributed by atoms with Crippen molar-refractivity contribution < 1.29 is 9.00 Å². The number of anilines is 1. The van der Waals surface area contributed by atoms with Gasteiger partial charge in [-0.25, -0.2) is 0 Å². The number of halogens is 1. The summed E-state index contributed by atoms with van der Waals surface area (Å²) < 4.78 is 12.3. The van der Waals surface area contributed by atoms with Crippen LogP contribution < -0.4 is 11.1 Å². The van der Waals surface area contributed by atoms with Crippen molar-refractivity contribution in [2.24, 2.45) is 5.92 Å². The predicted octanol–water partition coefficient (Wildman–Crippen LogP) is 2.19. The van der Waals surface area contributed by atoms with Crippen LogP contribution in [0.15, 0.2) is 23.1 Å². The number of hydrogen-bond acceptors (Lipinski definition) is 3. The third-order valence-electron chi connectivity index (χ3n) is 2.55. The Morgan fingerprint density at radius 1 is 1.42 bits per heavy atom. The maximum Gasteiger partial charge on any atom is 0.235 e. The molecule has 0 aliphatic rings. The molecule has 0 heterocycles. The van der Waals surface area contributed by atoms with E-state index in [1.807, 2.05) is 13.8 Å². The first kappa shape index (κ1) is 16.0. The summed E-state index contributed by atoms with van der Waals surface area (Å²) in [4.78, 5) is 12.3. The number of benzene rings is 1. The minimum absolute atomic E-state index is 0.245. The lowest BCUT2D eigenvalue weighted by Gasteiger charge is -2.14. The van der Waals surface area contributed by atoms with Gasteiger partial charge in [-0.1, -0.05) is 25.4 Å². The summed E-state index contributed by atoms with van der Waals surface area (Å²) in [7, 11) is -1.52. The molecule has 0 saturated carbocycles. The minimum Gasteiger partial charge on any atom is -0.399 e. The number of nitrogen functional groups attached to an aromatic ring is 1. The fourth-order valence-electron chi connectivity index (χ4n) is 1.41. The van der Waals surface area contributed by atoms with E-state index in [0.717, 1.165) is 0 Å². The van der Waals surface area contributed by atoms with Crippen LogP contribution in [0.3, 0.4) is 0 Å². The molecular formula is C13H19ClN2O2S. The number of carbonyl (C=O) groups is 1. The highest BCUT2D eigenvalue weighted by molar-refractivity contribution is 7.86. The number of nitrogens with two attached hydrogens (primary N) is 1. The van der Waals surface area contributed by atoms with Gasteiger partial charge in [0.15, 0.2) is 0 Å². The van der Waals surface area contributed by atoms with Gasteiger partial charge in [0.25, 0.3) is 0 Å². The lowest BCUT2D eigenvalue weighted by atomic mass is 10.2. The van der Waals surface area contributed by atoms with Crippen LogP contribution in [-0.4, -0.2) is 21.9 Å². The van der Waals surface area contributed by atoms with E-state index in [9.17, 15) is 9.00 Å². The van der Waals surface area contributed by atoms with E-state index in [1.165, 1.54) is 0 Å². The Hall–Kier alpha value is -1.07. The van der Waals surface area contributed by atoms with Crippen molar-refractivity contribution in [3.63, 3.8) is 0 Å². The second kappa shape index (κ2) is 6.91. The van der Waals surface area contributed by atoms with Gasteiger partial charge in [0.2, 0.25) is 5.91 Å². The Bertz CT molecular complexity index is 492. The molecule has 2 atom stereocenters. The van der Waals surface area contributed by atoms with Gasteiger partial charge in [-0.2, -0.15) is 0 Å². The molecule has 1 amide bonds. The molecule has 0 bridgehead atoms. The molecule has 0 aromatic heterocycles. The van der Waals surface area contributed by atoms with E-state index in [-0.39, 0.29) is 5.91 Å². The monoisotopic (exact) mass is 302 g/mol. The first-order valence-corrected chi connectivity index (χ1v) is 7.65. The quantitative estimate of drug-likeness (QED) is 0.819. The third kappa shape index (κ3) is 4.51. The van der Waals surface area contributed by atoms with Gasteiger partial charge in [-0.15, -0.1) is 0 Å². The summed E-state index contributed by atoms with van der Waals surface area (Å²) in [5.74, 6) is 0.103. The predicted molar refractivity (Wildman–Crippen MR) is 79.6 cm³/mol. The van der Waals surface area contributed by atoms with E-state index in [4.69, 9.17) is 17.3 Å². The summed E-state index contributed by atoms with van der Waals surface area (Å²) in [5.41, 5.74) is 6.12. The summed E-state index contributed by atoms with van der Waals surface area (Å²) in [6.45, 7) is 6.17. The molecule has 0 saturated heterocycles. The highest BCUT2D eigenvalue weighted by atomic mass is 35.5. The molecule has 6 heteroatoms. The fraction of sp³-hybridized carbons (Fsp3) is 0.462. The minimum atomic E-state index is -1.52. The van der Waals surface area contributed by atoms with E-state index >= 15 is 0 Å². The number of hydrogen-bond donors (Lipinski definition) is 2. The Balaban J connectivity index is 2.81. The summed E-state index contributed by atoms with van der Waals surface area (Å²) >= 11 is 5.99. The van der Waals surface area contributed by atoms with Gasteiger partial charge in [0.05, 0.1) is 20.7 Å². The Morgan fingerprint density at radius 2 is 2.05 bits per heavy atom. The number of carbonyl (C=O) groups excluding carboxylic acids is 1. The smallest absolute Gasteiger partial charge is 0.235 e. The van der Waals surface area contributed by atoms with Crippen molar-refractivity contribution >= 4 is 34.0 Å². The Kier molecular flexibility index (Phi) is 5.82. The SMILES string of the molecule is CC(C)CNC(=O)C(C)S(=O)c1cc(N)ccc1Cl. The third-order valence-corrected chi connectivity index (χ3v) is 4.62. The van der Waals surface area contributed by atoms with E-state index in [2.05, 4.69) is 5.32 Å². The van der Waals surface area contributed by atoms with Gasteiger partial charge < -0.3 is 11.1 Å². The van der Waals surface area contributed by atoms with Crippen LogP contribution in [0.1, 0.15) is 20.8 Å². The van der Waals surface area contributed by atoms with Crippen molar-refractivity contribution in [3.05, 3.63) is 23.2 Å². The van der Waals surface area contributed by atoms with Crippen molar-refractivity contribution in [1.82, 2.24) is 5.32 Å². The number of amides is 1. The number of nitrogens with one attached hydrogen (secondary N) is 1. The van der Waals surface area contributed by atoms with Crippen LogP contribution in [0.5, 0.6) is 0 Å². The molecule has 0 spiro atoms. The van der Waals surface area contributed by atoms with Gasteiger partial charge in [0.1, 0.15) is 5.25 Å². The van der Waals surface area contributed by atoms with Crippen LogP contribution in [0.4, 0.5) is 5.69 Å². The molecule has 2 unspecified atom stereocenters. The summed E-state index contributed by atoms with van der Waals surface area (Å²) in [5, 5.41) is 2.45. The molecule has 4 nitrogen and oxygen atoms in total. The average Bonchev–Trinajstić information content (AvgIpc) is 2.37. The molecule has 1 aromatic carbocycles. The average molecular weight is 303 g/mol. The van der Waals surface area contributed by atoms with Gasteiger partial charge in [0, 0.05) is 12.2 Å². The first-order chi connectivity index (χ1) is 8.82. The van der Waals surface area contributed by atoms with Crippen LogP contribution in [0, 0.1) is 5.92 Å². The van der Waals surface area contributed by atoms with Crippen molar-refractivity contribution in [2.75, 3.05) is 12.3 Å². The fourth-order valence-corrected chi connectivity index (χ4v) is 2.93. The summed E-state index contributed by atoms with van der Waals surface area (Å²) in [6, 6.07) is 4.76. The lowest BCUT2D eigenvalue weighted by Crippen LogP contribution is -2.37. The van der Waals surface area contributed by atoms with Crippen LogP contribution >= 0.6 is 11.6 Å². The zero-order valence-electron chi connectivity index (χ0n) is 11.3. The molecule has 106 valence electrons. The first-order valence-electron chi connectivity index (χ1n) is 6.06. The highest BCUT2D eigenvalue weighted by Gasteiger charge is 2.23. The molecule has 0 radical (unpaired) electrons. The van der Waals surface area contributed by atoms with Gasteiger partial charge in [-0.05, 0) is 31.0 Å². The van der Waals surface area contributed by atoms with Crippen LogP contribution in [-0.2, 0) is 15.6 Å². The standard InChI is InChI=1S/C13H19ClN2O2S/c1-8(2)7-16-13(17)9(3)19(18)12-6-10(15)4-5-11(12)14/h4-6,8-9H,7,15H2,1-3H3,(H,16,17). The highest BCUT2D eigenvalue weighted by Crippen LogP contribution is 2.24. The van der Waals surface area contributed by atoms with Crippen molar-refractivity contribution in [1.29, 1.82) is 0 Å². The van der Waals surface area contributed by atoms with E-state index in [1.54, 1.807) is 25.1 Å². The molecule has 19 heavy (non-hydrogen) atoms. The van der Waals surface area contributed by atoms with Crippen LogP contribution in [0.2, 0.25) is 5.02 Å². The second-order valence-corrected chi connectivity index (χ2v) is 6.92. The Labute approximate surface area is 121 Å². The van der Waals surface area contributed by atoms with Gasteiger partial charge in [-0.3, -0.25) is 9.00 Å². The van der Waals surface area contributed by atoms with E-state index in [0.29, 0.717) is 28.1 Å². The molecule has 1 rings (SSSR count). The normalized spacial score (nSPS) is 14.2. The molecular weight excluding hydrogens is 284 g/mol. The van der Waals surface area contributed by atoms with Crippen LogP contribution in [0.25, 0.3) is 0 Å². The van der Waals surface area contributed by atoms with Crippen molar-refractivity contribution in [2.45, 2.75) is 30.9 Å². The molecule has 3 N–H and O–H groups in total. The summed E-state index contributed by atoms with van der Waals surface area (Å²) in [6.07, 6.45) is 0. The molecule has 1 aromatic rings. The zero-order valence-corrected chi connectivity index (χ0v) is 12.8. The lowest BCUT2D eigenvalue weighted by molar-refractivity contribution is -0.120. The number of rotatable bonds is 5. The maximum absolute atomic E-state index is 12.3. The Morgan fingerprint density at radius 3 is 2.63 bits per heavy atom. The molecule has 0 fully saturated rings. The second-order valence-electron chi connectivity index (χ2n) is 4.77. The zero-order chi connectivity index (χ0) is 14.6. The van der Waals surface area contributed by atoms with Crippen molar-refractivity contribution in [3.8, 4) is 0 Å².